The van der Waals surface area contributed by atoms with Gasteiger partial charge in [0.25, 0.3) is 0 Å². The van der Waals surface area contributed by atoms with Crippen LogP contribution in [0.25, 0.3) is 0 Å². The minimum Gasteiger partial charge on any atom is -0.298 e. The molecule has 76 valence electrons. The minimum atomic E-state index is 0.360. The Balaban J connectivity index is 2.01. The zero-order valence-electron chi connectivity index (χ0n) is 8.54. The summed E-state index contributed by atoms with van der Waals surface area (Å²) in [6.07, 6.45) is 1.13. The summed E-state index contributed by atoms with van der Waals surface area (Å²) in [5, 5.41) is 0.360. The third kappa shape index (κ3) is 2.28. The number of nitrogens with zero attached hydrogens (tertiary/aromatic N) is 1. The summed E-state index contributed by atoms with van der Waals surface area (Å²) in [5.74, 6) is 0. The fourth-order valence-corrected chi connectivity index (χ4v) is 2.25. The highest BCUT2D eigenvalue weighted by Crippen LogP contribution is 2.18. The van der Waals surface area contributed by atoms with Crippen LogP contribution >= 0.6 is 11.6 Å². The van der Waals surface area contributed by atoms with Crippen LogP contribution in [0.3, 0.4) is 0 Å². The Morgan fingerprint density at radius 1 is 1.43 bits per heavy atom. The molecule has 1 fully saturated rings. The van der Waals surface area contributed by atoms with Gasteiger partial charge in [0.1, 0.15) is 0 Å². The Morgan fingerprint density at radius 3 is 2.86 bits per heavy atom. The van der Waals surface area contributed by atoms with Gasteiger partial charge in [-0.2, -0.15) is 0 Å². The van der Waals surface area contributed by atoms with E-state index in [0.717, 1.165) is 26.1 Å². The van der Waals surface area contributed by atoms with Gasteiger partial charge in [0.05, 0.1) is 0 Å². The number of rotatable bonds is 2. The molecule has 1 aromatic carbocycles. The topological polar surface area (TPSA) is 3.24 Å². The molecule has 1 nitrogen and oxygen atoms in total. The van der Waals surface area contributed by atoms with Crippen LogP contribution in [0.4, 0.5) is 0 Å². The Bertz CT molecular complexity index is 311. The van der Waals surface area contributed by atoms with Crippen LogP contribution < -0.4 is 0 Å². The molecule has 2 rings (SSSR count). The van der Waals surface area contributed by atoms with Crippen molar-refractivity contribution in [2.24, 2.45) is 0 Å². The van der Waals surface area contributed by atoms with Gasteiger partial charge in [-0.05, 0) is 31.0 Å². The summed E-state index contributed by atoms with van der Waals surface area (Å²) in [5.41, 5.74) is 2.81. The number of alkyl halides is 1. The standard InChI is InChI=1S/C12H16ClN/c1-10-4-2-3-5-11(10)8-14-7-6-12(13)9-14/h2-5,12H,6-9H2,1H3. The molecule has 1 heterocycles. The first-order valence-corrected chi connectivity index (χ1v) is 5.60. The molecule has 0 radical (unpaired) electrons. The number of aryl methyl sites for hydroxylation is 1. The van der Waals surface area contributed by atoms with Crippen molar-refractivity contribution in [1.82, 2.24) is 4.90 Å². The van der Waals surface area contributed by atoms with E-state index in [-0.39, 0.29) is 0 Å². The van der Waals surface area contributed by atoms with Crippen LogP contribution in [0.2, 0.25) is 0 Å². The van der Waals surface area contributed by atoms with E-state index >= 15 is 0 Å². The molecule has 0 aliphatic carbocycles. The van der Waals surface area contributed by atoms with Crippen LogP contribution in [0.15, 0.2) is 24.3 Å². The molecule has 1 atom stereocenters. The molecule has 2 heteroatoms. The van der Waals surface area contributed by atoms with Crippen molar-refractivity contribution in [2.45, 2.75) is 25.3 Å². The van der Waals surface area contributed by atoms with Gasteiger partial charge in [0.2, 0.25) is 0 Å². The van der Waals surface area contributed by atoms with E-state index in [9.17, 15) is 0 Å². The molecule has 0 N–H and O–H groups in total. The van der Waals surface area contributed by atoms with Gasteiger partial charge in [0.15, 0.2) is 0 Å². The third-order valence-electron chi connectivity index (χ3n) is 2.87. The first-order chi connectivity index (χ1) is 6.75. The largest absolute Gasteiger partial charge is 0.298 e. The Hall–Kier alpha value is -0.530. The van der Waals surface area contributed by atoms with Crippen molar-refractivity contribution in [3.63, 3.8) is 0 Å². The maximum absolute atomic E-state index is 6.07. The quantitative estimate of drug-likeness (QED) is 0.678. The fourth-order valence-electron chi connectivity index (χ4n) is 1.96. The molecule has 0 amide bonds. The van der Waals surface area contributed by atoms with Crippen molar-refractivity contribution in [2.75, 3.05) is 13.1 Å². The number of likely N-dealkylation sites (tertiary alicyclic amines) is 1. The number of hydrogen-bond acceptors (Lipinski definition) is 1. The first kappa shape index (κ1) is 10.0. The molecule has 14 heavy (non-hydrogen) atoms. The average Bonchev–Trinajstić information content (AvgIpc) is 2.56. The van der Waals surface area contributed by atoms with Gasteiger partial charge in [-0.15, -0.1) is 11.6 Å². The maximum Gasteiger partial charge on any atom is 0.0475 e. The van der Waals surface area contributed by atoms with E-state index in [2.05, 4.69) is 36.1 Å². The Labute approximate surface area is 90.7 Å². The predicted molar refractivity (Wildman–Crippen MR) is 60.7 cm³/mol. The zero-order valence-corrected chi connectivity index (χ0v) is 9.30. The maximum atomic E-state index is 6.07. The van der Waals surface area contributed by atoms with E-state index in [1.807, 2.05) is 0 Å². The van der Waals surface area contributed by atoms with Gasteiger partial charge in [-0.3, -0.25) is 4.90 Å². The second-order valence-electron chi connectivity index (χ2n) is 4.05. The van der Waals surface area contributed by atoms with E-state index in [4.69, 9.17) is 11.6 Å². The number of halogens is 1. The molecule has 0 aromatic heterocycles. The summed E-state index contributed by atoms with van der Waals surface area (Å²) in [4.78, 5) is 2.43. The molecule has 1 aliphatic heterocycles. The zero-order chi connectivity index (χ0) is 9.97. The monoisotopic (exact) mass is 209 g/mol. The second-order valence-corrected chi connectivity index (χ2v) is 4.66. The van der Waals surface area contributed by atoms with Gasteiger partial charge in [-0.25, -0.2) is 0 Å². The summed E-state index contributed by atoms with van der Waals surface area (Å²) in [7, 11) is 0. The normalized spacial score (nSPS) is 22.9. The third-order valence-corrected chi connectivity index (χ3v) is 3.23. The van der Waals surface area contributed by atoms with Gasteiger partial charge in [0, 0.05) is 18.5 Å². The lowest BCUT2D eigenvalue weighted by molar-refractivity contribution is 0.331. The van der Waals surface area contributed by atoms with Crippen molar-refractivity contribution in [3.8, 4) is 0 Å². The molecule has 0 saturated carbocycles. The first-order valence-electron chi connectivity index (χ1n) is 5.16. The van der Waals surface area contributed by atoms with Gasteiger partial charge >= 0.3 is 0 Å². The van der Waals surface area contributed by atoms with Crippen molar-refractivity contribution >= 4 is 11.6 Å². The molecule has 1 unspecified atom stereocenters. The number of benzene rings is 1. The SMILES string of the molecule is Cc1ccccc1CN1CCC(Cl)C1. The molecule has 1 aliphatic rings. The van der Waals surface area contributed by atoms with Gasteiger partial charge < -0.3 is 0 Å². The average molecular weight is 210 g/mol. The van der Waals surface area contributed by atoms with Crippen LogP contribution in [0, 0.1) is 6.92 Å². The fraction of sp³-hybridized carbons (Fsp3) is 0.500. The van der Waals surface area contributed by atoms with E-state index in [1.54, 1.807) is 0 Å². The van der Waals surface area contributed by atoms with Gasteiger partial charge in [-0.1, -0.05) is 24.3 Å². The lowest BCUT2D eigenvalue weighted by atomic mass is 10.1. The smallest absolute Gasteiger partial charge is 0.0475 e. The highest BCUT2D eigenvalue weighted by Gasteiger charge is 2.20. The highest BCUT2D eigenvalue weighted by molar-refractivity contribution is 6.20. The summed E-state index contributed by atoms with van der Waals surface area (Å²) >= 11 is 6.07. The Kier molecular flexibility index (Phi) is 3.09. The van der Waals surface area contributed by atoms with E-state index < -0.39 is 0 Å². The molecule has 0 spiro atoms. The van der Waals surface area contributed by atoms with Crippen LogP contribution in [-0.2, 0) is 6.54 Å². The lowest BCUT2D eigenvalue weighted by Crippen LogP contribution is -2.20. The van der Waals surface area contributed by atoms with E-state index in [0.29, 0.717) is 5.38 Å². The molecule has 0 bridgehead atoms. The molecule has 1 aromatic rings. The highest BCUT2D eigenvalue weighted by atomic mass is 35.5. The van der Waals surface area contributed by atoms with Crippen LogP contribution in [-0.4, -0.2) is 23.4 Å². The molecule has 1 saturated heterocycles. The second kappa shape index (κ2) is 4.33. The van der Waals surface area contributed by atoms with Crippen LogP contribution in [0.1, 0.15) is 17.5 Å². The number of hydrogen-bond donors (Lipinski definition) is 0. The van der Waals surface area contributed by atoms with Crippen LogP contribution in [0.5, 0.6) is 0 Å². The summed E-state index contributed by atoms with van der Waals surface area (Å²) in [6, 6.07) is 8.57. The predicted octanol–water partition coefficient (Wildman–Crippen LogP) is 2.81. The molecular weight excluding hydrogens is 194 g/mol. The molecular formula is C12H16ClN. The van der Waals surface area contributed by atoms with E-state index in [1.165, 1.54) is 11.1 Å². The van der Waals surface area contributed by atoms with Crippen molar-refractivity contribution in [3.05, 3.63) is 35.4 Å². The van der Waals surface area contributed by atoms with Crippen molar-refractivity contribution < 1.29 is 0 Å². The summed E-state index contributed by atoms with van der Waals surface area (Å²) in [6.45, 7) is 5.40. The Morgan fingerprint density at radius 2 is 2.21 bits per heavy atom. The van der Waals surface area contributed by atoms with Crippen molar-refractivity contribution in [1.29, 1.82) is 0 Å². The lowest BCUT2D eigenvalue weighted by Gasteiger charge is -2.16. The minimum absolute atomic E-state index is 0.360. The summed E-state index contributed by atoms with van der Waals surface area (Å²) < 4.78 is 0.